The molecule has 0 radical (unpaired) electrons. The first kappa shape index (κ1) is 16.3. The Kier molecular flexibility index (Phi) is 5.81. The molecule has 0 saturated carbocycles. The highest BCUT2D eigenvalue weighted by Crippen LogP contribution is 2.32. The van der Waals surface area contributed by atoms with Crippen molar-refractivity contribution in [2.24, 2.45) is 5.41 Å². The maximum absolute atomic E-state index is 10.8. The SMILES string of the molecule is C=CC.CC1(C)CCN(c2ccc(C(=O)O)cc2)CC1. The average molecular weight is 275 g/mol. The van der Waals surface area contributed by atoms with E-state index >= 15 is 0 Å². The molecule has 1 heterocycles. The fraction of sp³-hybridized carbons (Fsp3) is 0.471. The monoisotopic (exact) mass is 275 g/mol. The molecule has 0 aliphatic carbocycles. The summed E-state index contributed by atoms with van der Waals surface area (Å²) in [4.78, 5) is 13.1. The smallest absolute Gasteiger partial charge is 0.335 e. The van der Waals surface area contributed by atoms with Gasteiger partial charge in [-0.1, -0.05) is 19.9 Å². The summed E-state index contributed by atoms with van der Waals surface area (Å²) in [6, 6.07) is 7.17. The summed E-state index contributed by atoms with van der Waals surface area (Å²) >= 11 is 0. The van der Waals surface area contributed by atoms with E-state index < -0.39 is 5.97 Å². The van der Waals surface area contributed by atoms with Gasteiger partial charge in [0.25, 0.3) is 0 Å². The van der Waals surface area contributed by atoms with Crippen molar-refractivity contribution in [3.63, 3.8) is 0 Å². The molecular formula is C17H25NO2. The summed E-state index contributed by atoms with van der Waals surface area (Å²) in [5.41, 5.74) is 1.92. The Morgan fingerprint density at radius 2 is 1.70 bits per heavy atom. The first-order chi connectivity index (χ1) is 9.39. The molecule has 0 aromatic heterocycles. The Bertz CT molecular complexity index is 439. The van der Waals surface area contributed by atoms with Crippen LogP contribution in [0.2, 0.25) is 0 Å². The first-order valence-corrected chi connectivity index (χ1v) is 7.05. The molecule has 0 atom stereocenters. The largest absolute Gasteiger partial charge is 0.478 e. The van der Waals surface area contributed by atoms with Crippen LogP contribution in [0, 0.1) is 5.41 Å². The molecule has 1 saturated heterocycles. The molecule has 20 heavy (non-hydrogen) atoms. The maximum Gasteiger partial charge on any atom is 0.335 e. The number of carboxylic acid groups (broad SMARTS) is 1. The molecule has 1 aliphatic heterocycles. The number of allylic oxidation sites excluding steroid dienone is 1. The number of rotatable bonds is 2. The van der Waals surface area contributed by atoms with Crippen molar-refractivity contribution in [3.8, 4) is 0 Å². The summed E-state index contributed by atoms with van der Waals surface area (Å²) in [7, 11) is 0. The van der Waals surface area contributed by atoms with Crippen LogP contribution < -0.4 is 4.90 Å². The second kappa shape index (κ2) is 7.13. The summed E-state index contributed by atoms with van der Waals surface area (Å²) < 4.78 is 0. The van der Waals surface area contributed by atoms with Gasteiger partial charge in [0.1, 0.15) is 0 Å². The molecule has 1 aromatic carbocycles. The Balaban J connectivity index is 0.000000612. The minimum atomic E-state index is -0.865. The quantitative estimate of drug-likeness (QED) is 0.822. The fourth-order valence-electron chi connectivity index (χ4n) is 2.19. The average Bonchev–Trinajstić information content (AvgIpc) is 2.40. The van der Waals surface area contributed by atoms with Crippen LogP contribution in [0.5, 0.6) is 0 Å². The van der Waals surface area contributed by atoms with Crippen LogP contribution in [0.4, 0.5) is 5.69 Å². The van der Waals surface area contributed by atoms with Crippen molar-refractivity contribution < 1.29 is 9.90 Å². The van der Waals surface area contributed by atoms with Gasteiger partial charge in [-0.2, -0.15) is 0 Å². The number of aromatic carboxylic acids is 1. The molecule has 1 N–H and O–H groups in total. The van der Waals surface area contributed by atoms with Crippen molar-refractivity contribution >= 4 is 11.7 Å². The summed E-state index contributed by atoms with van der Waals surface area (Å²) in [6.07, 6.45) is 4.13. The molecule has 2 rings (SSSR count). The van der Waals surface area contributed by atoms with Crippen LogP contribution in [0.1, 0.15) is 44.0 Å². The molecule has 0 amide bonds. The molecule has 1 aromatic rings. The molecule has 1 aliphatic rings. The third-order valence-electron chi connectivity index (χ3n) is 3.60. The van der Waals surface area contributed by atoms with E-state index in [-0.39, 0.29) is 0 Å². The number of carbonyl (C=O) groups is 1. The lowest BCUT2D eigenvalue weighted by Gasteiger charge is -2.38. The number of piperidine rings is 1. The van der Waals surface area contributed by atoms with Gasteiger partial charge in [-0.3, -0.25) is 0 Å². The van der Waals surface area contributed by atoms with E-state index in [2.05, 4.69) is 25.3 Å². The van der Waals surface area contributed by atoms with Gasteiger partial charge in [-0.15, -0.1) is 6.58 Å². The number of anilines is 1. The minimum Gasteiger partial charge on any atom is -0.478 e. The zero-order valence-electron chi connectivity index (χ0n) is 12.7. The zero-order valence-corrected chi connectivity index (χ0v) is 12.7. The standard InChI is InChI=1S/C14H19NO2.C3H6/c1-14(2)7-9-15(10-8-14)12-5-3-11(4-6-12)13(16)17;1-3-2/h3-6H,7-10H2,1-2H3,(H,16,17);3H,1H2,2H3. The van der Waals surface area contributed by atoms with Gasteiger partial charge < -0.3 is 10.0 Å². The number of nitrogens with zero attached hydrogens (tertiary/aromatic N) is 1. The summed E-state index contributed by atoms with van der Waals surface area (Å²) in [6.45, 7) is 12.0. The number of benzene rings is 1. The van der Waals surface area contributed by atoms with Crippen LogP contribution >= 0.6 is 0 Å². The van der Waals surface area contributed by atoms with Crippen LogP contribution in [0.15, 0.2) is 36.9 Å². The molecule has 3 heteroatoms. The highest BCUT2D eigenvalue weighted by atomic mass is 16.4. The molecule has 3 nitrogen and oxygen atoms in total. The maximum atomic E-state index is 10.8. The van der Waals surface area contributed by atoms with Crippen LogP contribution in [-0.4, -0.2) is 24.2 Å². The van der Waals surface area contributed by atoms with E-state index in [4.69, 9.17) is 5.11 Å². The third kappa shape index (κ3) is 4.72. The number of carboxylic acids is 1. The second-order valence-electron chi connectivity index (χ2n) is 5.91. The van der Waals surface area contributed by atoms with Gasteiger partial charge in [0, 0.05) is 18.8 Å². The van der Waals surface area contributed by atoms with Crippen molar-refractivity contribution in [3.05, 3.63) is 42.5 Å². The Morgan fingerprint density at radius 1 is 1.25 bits per heavy atom. The molecule has 0 unspecified atom stereocenters. The number of hydrogen-bond acceptors (Lipinski definition) is 2. The van der Waals surface area contributed by atoms with E-state index in [9.17, 15) is 4.79 Å². The van der Waals surface area contributed by atoms with Crippen molar-refractivity contribution in [2.45, 2.75) is 33.6 Å². The molecule has 110 valence electrons. The summed E-state index contributed by atoms with van der Waals surface area (Å²) in [5.74, 6) is -0.865. The highest BCUT2D eigenvalue weighted by Gasteiger charge is 2.25. The van der Waals surface area contributed by atoms with Crippen molar-refractivity contribution in [1.82, 2.24) is 0 Å². The van der Waals surface area contributed by atoms with E-state index in [1.54, 1.807) is 18.2 Å². The lowest BCUT2D eigenvalue weighted by molar-refractivity contribution is 0.0697. The van der Waals surface area contributed by atoms with Crippen LogP contribution in [-0.2, 0) is 0 Å². The molecule has 0 spiro atoms. The Morgan fingerprint density at radius 3 is 2.10 bits per heavy atom. The van der Waals surface area contributed by atoms with Gasteiger partial charge in [-0.05, 0) is 49.4 Å². The van der Waals surface area contributed by atoms with Crippen LogP contribution in [0.3, 0.4) is 0 Å². The van der Waals surface area contributed by atoms with E-state index in [0.29, 0.717) is 11.0 Å². The van der Waals surface area contributed by atoms with Crippen molar-refractivity contribution in [2.75, 3.05) is 18.0 Å². The van der Waals surface area contributed by atoms with Crippen molar-refractivity contribution in [1.29, 1.82) is 0 Å². The lowest BCUT2D eigenvalue weighted by atomic mass is 9.82. The fourth-order valence-corrected chi connectivity index (χ4v) is 2.19. The van der Waals surface area contributed by atoms with Gasteiger partial charge >= 0.3 is 5.97 Å². The molecule has 0 bridgehead atoms. The Labute approximate surface area is 121 Å². The normalized spacial score (nSPS) is 16.9. The predicted molar refractivity (Wildman–Crippen MR) is 84.5 cm³/mol. The summed E-state index contributed by atoms with van der Waals surface area (Å²) in [5, 5.41) is 8.84. The van der Waals surface area contributed by atoms with Crippen LogP contribution in [0.25, 0.3) is 0 Å². The minimum absolute atomic E-state index is 0.353. The highest BCUT2D eigenvalue weighted by molar-refractivity contribution is 5.88. The Hall–Kier alpha value is -1.77. The number of hydrogen-bond donors (Lipinski definition) is 1. The van der Waals surface area contributed by atoms with E-state index in [1.165, 1.54) is 12.8 Å². The van der Waals surface area contributed by atoms with Gasteiger partial charge in [0.2, 0.25) is 0 Å². The van der Waals surface area contributed by atoms with E-state index in [1.807, 2.05) is 19.1 Å². The predicted octanol–water partition coefficient (Wildman–Crippen LogP) is 4.20. The van der Waals surface area contributed by atoms with Gasteiger partial charge in [-0.25, -0.2) is 4.79 Å². The molecular weight excluding hydrogens is 250 g/mol. The lowest BCUT2D eigenvalue weighted by Crippen LogP contribution is -2.37. The third-order valence-corrected chi connectivity index (χ3v) is 3.60. The first-order valence-electron chi connectivity index (χ1n) is 7.05. The topological polar surface area (TPSA) is 40.5 Å². The molecule has 1 fully saturated rings. The van der Waals surface area contributed by atoms with Gasteiger partial charge in [0.05, 0.1) is 5.56 Å². The van der Waals surface area contributed by atoms with Gasteiger partial charge in [0.15, 0.2) is 0 Å². The zero-order chi connectivity index (χ0) is 15.2. The van der Waals surface area contributed by atoms with E-state index in [0.717, 1.165) is 18.8 Å². The second-order valence-corrected chi connectivity index (χ2v) is 5.91.